The normalized spacial score (nSPS) is 15.6. The summed E-state index contributed by atoms with van der Waals surface area (Å²) in [6, 6.07) is 6.64. The molecule has 1 fully saturated rings. The van der Waals surface area contributed by atoms with Gasteiger partial charge in [0, 0.05) is 30.6 Å². The van der Waals surface area contributed by atoms with Crippen LogP contribution in [0.2, 0.25) is 0 Å². The number of carboxylic acids is 1. The minimum absolute atomic E-state index is 0.247. The van der Waals surface area contributed by atoms with Crippen LogP contribution in [0.3, 0.4) is 0 Å². The average molecular weight is 520 g/mol. The Labute approximate surface area is 212 Å². The zero-order valence-corrected chi connectivity index (χ0v) is 20.5. The van der Waals surface area contributed by atoms with Crippen LogP contribution in [-0.2, 0) is 11.2 Å². The Hall–Kier alpha value is -3.40. The van der Waals surface area contributed by atoms with Crippen molar-refractivity contribution in [1.29, 1.82) is 0 Å². The van der Waals surface area contributed by atoms with Crippen molar-refractivity contribution in [2.45, 2.75) is 32.1 Å². The van der Waals surface area contributed by atoms with E-state index in [0.29, 0.717) is 80.0 Å². The molecule has 0 saturated carbocycles. The number of nitrogens with zero attached hydrogens (tertiary/aromatic N) is 2. The van der Waals surface area contributed by atoms with E-state index in [9.17, 15) is 27.5 Å². The smallest absolute Gasteiger partial charge is 0.309 e. The lowest BCUT2D eigenvalue weighted by molar-refractivity contribution is -0.152. The molecule has 4 rings (SSSR count). The lowest BCUT2D eigenvalue weighted by atomic mass is 9.74. The molecule has 0 spiro atoms. The van der Waals surface area contributed by atoms with Crippen molar-refractivity contribution in [2.75, 3.05) is 38.6 Å². The number of hydrogen-bond acceptors (Lipinski definition) is 5. The number of nitrogens with one attached hydrogen (secondary N) is 1. The molecule has 1 saturated heterocycles. The molecule has 0 unspecified atom stereocenters. The number of halogens is 4. The predicted octanol–water partition coefficient (Wildman–Crippen LogP) is 5.40. The molecule has 0 amide bonds. The monoisotopic (exact) mass is 519 g/mol. The highest BCUT2D eigenvalue weighted by Crippen LogP contribution is 2.37. The predicted molar refractivity (Wildman–Crippen MR) is 132 cm³/mol. The maximum atomic E-state index is 14.6. The van der Waals surface area contributed by atoms with Crippen LogP contribution in [0.5, 0.6) is 5.75 Å². The molecule has 0 atom stereocenters. The second kappa shape index (κ2) is 11.3. The number of pyridine rings is 1. The van der Waals surface area contributed by atoms with Gasteiger partial charge < -0.3 is 20.1 Å². The quantitative estimate of drug-likeness (QED) is 0.276. The molecule has 2 N–H and O–H groups in total. The second-order valence-electron chi connectivity index (χ2n) is 9.42. The van der Waals surface area contributed by atoms with Crippen molar-refractivity contribution >= 4 is 22.6 Å². The van der Waals surface area contributed by atoms with E-state index in [0.717, 1.165) is 6.07 Å². The van der Waals surface area contributed by atoms with Crippen LogP contribution in [0, 0.1) is 28.7 Å². The first-order valence-corrected chi connectivity index (χ1v) is 12.2. The number of carbonyl (C=O) groups is 1. The fourth-order valence-electron chi connectivity index (χ4n) is 5.00. The number of likely N-dealkylation sites (tertiary alicyclic amines) is 1. The highest BCUT2D eigenvalue weighted by molar-refractivity contribution is 5.83. The number of methoxy groups -OCH3 is 1. The molecule has 0 bridgehead atoms. The number of rotatable bonds is 10. The van der Waals surface area contributed by atoms with Gasteiger partial charge in [0.25, 0.3) is 0 Å². The Bertz CT molecular complexity index is 1280. The molecule has 198 valence electrons. The Morgan fingerprint density at radius 3 is 2.59 bits per heavy atom. The molecule has 6 nitrogen and oxygen atoms in total. The Morgan fingerprint density at radius 2 is 1.89 bits per heavy atom. The van der Waals surface area contributed by atoms with E-state index in [1.54, 1.807) is 18.2 Å². The number of piperidine rings is 1. The van der Waals surface area contributed by atoms with E-state index in [1.165, 1.54) is 13.3 Å². The van der Waals surface area contributed by atoms with E-state index >= 15 is 0 Å². The van der Waals surface area contributed by atoms with Gasteiger partial charge in [-0.15, -0.1) is 0 Å². The van der Waals surface area contributed by atoms with Crippen LogP contribution in [0.15, 0.2) is 36.5 Å². The number of fused-ring (bicyclic) bond motifs is 1. The SMILES string of the molecule is COc1ccc2ncc(F)c(CCCC3(C(=O)O)CCN(CCNc4cc(F)cc(F)c4F)CC3)c2c1. The van der Waals surface area contributed by atoms with Gasteiger partial charge in [-0.1, -0.05) is 0 Å². The van der Waals surface area contributed by atoms with Gasteiger partial charge in [-0.3, -0.25) is 9.78 Å². The summed E-state index contributed by atoms with van der Waals surface area (Å²) in [5, 5.41) is 13.4. The van der Waals surface area contributed by atoms with Gasteiger partial charge in [0.15, 0.2) is 11.6 Å². The van der Waals surface area contributed by atoms with Crippen molar-refractivity contribution in [3.05, 3.63) is 65.4 Å². The summed E-state index contributed by atoms with van der Waals surface area (Å²) >= 11 is 0. The number of anilines is 1. The molecule has 10 heteroatoms. The first kappa shape index (κ1) is 26.7. The van der Waals surface area contributed by atoms with E-state index < -0.39 is 34.7 Å². The number of aromatic nitrogens is 1. The number of benzene rings is 2. The number of carboxylic acid groups (broad SMARTS) is 1. The Kier molecular flexibility index (Phi) is 8.16. The molecule has 1 aliphatic heterocycles. The zero-order chi connectivity index (χ0) is 26.6. The Balaban J connectivity index is 1.33. The summed E-state index contributed by atoms with van der Waals surface area (Å²) in [6.45, 7) is 1.73. The number of ether oxygens (including phenoxy) is 1. The molecule has 37 heavy (non-hydrogen) atoms. The molecule has 2 aromatic carbocycles. The molecular weight excluding hydrogens is 490 g/mol. The number of aliphatic carboxylic acids is 1. The highest BCUT2D eigenvalue weighted by atomic mass is 19.2. The van der Waals surface area contributed by atoms with Crippen molar-refractivity contribution in [1.82, 2.24) is 9.88 Å². The topological polar surface area (TPSA) is 74.7 Å². The number of hydrogen-bond donors (Lipinski definition) is 2. The molecular formula is C27H29F4N3O3. The minimum atomic E-state index is -1.26. The van der Waals surface area contributed by atoms with Crippen LogP contribution >= 0.6 is 0 Å². The molecule has 1 aromatic heterocycles. The van der Waals surface area contributed by atoms with Gasteiger partial charge in [0.05, 0.1) is 29.9 Å². The van der Waals surface area contributed by atoms with Crippen LogP contribution in [0.25, 0.3) is 10.9 Å². The third-order valence-corrected chi connectivity index (χ3v) is 7.22. The summed E-state index contributed by atoms with van der Waals surface area (Å²) in [7, 11) is 1.53. The first-order valence-electron chi connectivity index (χ1n) is 12.2. The lowest BCUT2D eigenvalue weighted by Gasteiger charge is -2.39. The van der Waals surface area contributed by atoms with Crippen LogP contribution in [0.1, 0.15) is 31.2 Å². The summed E-state index contributed by atoms with van der Waals surface area (Å²) < 4.78 is 60.4. The largest absolute Gasteiger partial charge is 0.497 e. The van der Waals surface area contributed by atoms with Crippen LogP contribution < -0.4 is 10.1 Å². The fraction of sp³-hybridized carbons (Fsp3) is 0.407. The summed E-state index contributed by atoms with van der Waals surface area (Å²) in [4.78, 5) is 18.4. The summed E-state index contributed by atoms with van der Waals surface area (Å²) in [6.07, 6.45) is 3.28. The average Bonchev–Trinajstić information content (AvgIpc) is 2.88. The first-order chi connectivity index (χ1) is 17.7. The van der Waals surface area contributed by atoms with Crippen molar-refractivity contribution in [2.24, 2.45) is 5.41 Å². The van der Waals surface area contributed by atoms with Gasteiger partial charge in [0.1, 0.15) is 17.4 Å². The third-order valence-electron chi connectivity index (χ3n) is 7.22. The van der Waals surface area contributed by atoms with E-state index in [1.807, 2.05) is 4.90 Å². The third kappa shape index (κ3) is 5.95. The zero-order valence-electron chi connectivity index (χ0n) is 20.5. The summed E-state index contributed by atoms with van der Waals surface area (Å²) in [5.74, 6) is -3.97. The van der Waals surface area contributed by atoms with Gasteiger partial charge in [-0.25, -0.2) is 17.6 Å². The molecule has 0 radical (unpaired) electrons. The lowest BCUT2D eigenvalue weighted by Crippen LogP contribution is -2.45. The highest BCUT2D eigenvalue weighted by Gasteiger charge is 2.40. The fourth-order valence-corrected chi connectivity index (χ4v) is 5.00. The van der Waals surface area contributed by atoms with Crippen LogP contribution in [-0.4, -0.2) is 54.2 Å². The van der Waals surface area contributed by atoms with Gasteiger partial charge in [-0.2, -0.15) is 0 Å². The molecule has 1 aliphatic rings. The van der Waals surface area contributed by atoms with Crippen molar-refractivity contribution < 1.29 is 32.2 Å². The second-order valence-corrected chi connectivity index (χ2v) is 9.42. The van der Waals surface area contributed by atoms with E-state index in [-0.39, 0.29) is 12.2 Å². The van der Waals surface area contributed by atoms with E-state index in [4.69, 9.17) is 4.74 Å². The minimum Gasteiger partial charge on any atom is -0.497 e. The van der Waals surface area contributed by atoms with Crippen LogP contribution in [0.4, 0.5) is 23.2 Å². The molecule has 2 heterocycles. The summed E-state index contributed by atoms with van der Waals surface area (Å²) in [5.41, 5.74) is -0.0246. The maximum absolute atomic E-state index is 14.6. The number of aryl methyl sites for hydroxylation is 1. The molecule has 0 aliphatic carbocycles. The maximum Gasteiger partial charge on any atom is 0.309 e. The van der Waals surface area contributed by atoms with Crippen molar-refractivity contribution in [3.63, 3.8) is 0 Å². The van der Waals surface area contributed by atoms with Crippen molar-refractivity contribution in [3.8, 4) is 5.75 Å². The van der Waals surface area contributed by atoms with Gasteiger partial charge >= 0.3 is 5.97 Å². The standard InChI is InChI=1S/C27H29F4N3O3/c1-37-18-4-5-23-20(15-18)19(22(30)16-33-23)3-2-6-27(26(35)36)7-10-34(11-8-27)12-9-32-24-14-17(28)13-21(29)25(24)31/h4-5,13-16,32H,2-3,6-12H2,1H3,(H,35,36). The van der Waals surface area contributed by atoms with Gasteiger partial charge in [-0.05, 0) is 69.0 Å². The van der Waals surface area contributed by atoms with Gasteiger partial charge in [0.2, 0.25) is 0 Å². The Morgan fingerprint density at radius 1 is 1.14 bits per heavy atom. The molecule has 3 aromatic rings. The van der Waals surface area contributed by atoms with E-state index in [2.05, 4.69) is 10.3 Å².